The molecule has 11 heteroatoms. The molecule has 1 aromatic carbocycles. The molecule has 0 saturated carbocycles. The monoisotopic (exact) mass is 426 g/mol. The lowest BCUT2D eigenvalue weighted by Crippen LogP contribution is -2.45. The van der Waals surface area contributed by atoms with Gasteiger partial charge in [0.2, 0.25) is 0 Å². The van der Waals surface area contributed by atoms with Crippen LogP contribution in [0.2, 0.25) is 0 Å². The van der Waals surface area contributed by atoms with E-state index in [4.69, 9.17) is 4.74 Å². The molecule has 154 valence electrons. The SMILES string of the molecule is CC(C)OC(=O)C(Cn1ccnc1)NC(=O)c1nc2c(C(F)(F)F)cccc2s1. The van der Waals surface area contributed by atoms with Crippen molar-refractivity contribution >= 4 is 33.4 Å². The van der Waals surface area contributed by atoms with E-state index in [1.807, 2.05) is 0 Å². The van der Waals surface area contributed by atoms with Crippen molar-refractivity contribution in [2.24, 2.45) is 0 Å². The predicted octanol–water partition coefficient (Wildman–Crippen LogP) is 3.26. The average Bonchev–Trinajstić information content (AvgIpc) is 3.28. The summed E-state index contributed by atoms with van der Waals surface area (Å²) in [5.74, 6) is -1.43. The number of carbonyl (C=O) groups excluding carboxylic acids is 2. The van der Waals surface area contributed by atoms with Gasteiger partial charge in [0.05, 0.1) is 34.8 Å². The second-order valence-electron chi connectivity index (χ2n) is 6.44. The smallest absolute Gasteiger partial charge is 0.418 e. The van der Waals surface area contributed by atoms with Crippen molar-refractivity contribution in [3.63, 3.8) is 0 Å². The number of halogens is 3. The minimum Gasteiger partial charge on any atom is -0.461 e. The van der Waals surface area contributed by atoms with Gasteiger partial charge in [-0.3, -0.25) is 4.79 Å². The van der Waals surface area contributed by atoms with Gasteiger partial charge in [0.15, 0.2) is 5.01 Å². The molecule has 2 aromatic heterocycles. The van der Waals surface area contributed by atoms with Crippen LogP contribution in [0.4, 0.5) is 13.2 Å². The zero-order valence-electron chi connectivity index (χ0n) is 15.4. The second kappa shape index (κ2) is 8.19. The van der Waals surface area contributed by atoms with Crippen LogP contribution in [0.5, 0.6) is 0 Å². The summed E-state index contributed by atoms with van der Waals surface area (Å²) in [6.45, 7) is 3.39. The maximum atomic E-state index is 13.2. The van der Waals surface area contributed by atoms with Gasteiger partial charge in [-0.05, 0) is 26.0 Å². The number of amides is 1. The topological polar surface area (TPSA) is 86.1 Å². The number of carbonyl (C=O) groups is 2. The number of alkyl halides is 3. The van der Waals surface area contributed by atoms with Gasteiger partial charge in [0.25, 0.3) is 5.91 Å². The number of thiazole rings is 1. The van der Waals surface area contributed by atoms with Crippen LogP contribution in [0.15, 0.2) is 36.9 Å². The Balaban J connectivity index is 1.86. The quantitative estimate of drug-likeness (QED) is 0.612. The Kier molecular flexibility index (Phi) is 5.87. The zero-order chi connectivity index (χ0) is 21.2. The van der Waals surface area contributed by atoms with Crippen LogP contribution in [0.25, 0.3) is 10.2 Å². The molecular weight excluding hydrogens is 409 g/mol. The van der Waals surface area contributed by atoms with E-state index in [0.717, 1.165) is 17.4 Å². The number of hydrogen-bond acceptors (Lipinski definition) is 6. The minimum absolute atomic E-state index is 0.0516. The van der Waals surface area contributed by atoms with E-state index in [-0.39, 0.29) is 21.8 Å². The van der Waals surface area contributed by atoms with Gasteiger partial charge >= 0.3 is 12.1 Å². The molecule has 1 unspecified atom stereocenters. The van der Waals surface area contributed by atoms with Crippen molar-refractivity contribution in [3.8, 4) is 0 Å². The number of aromatic nitrogens is 3. The molecule has 1 N–H and O–H groups in total. The Morgan fingerprint density at radius 2 is 2.07 bits per heavy atom. The molecule has 0 bridgehead atoms. The molecule has 0 aliphatic heterocycles. The highest BCUT2D eigenvalue weighted by molar-refractivity contribution is 7.20. The van der Waals surface area contributed by atoms with Crippen molar-refractivity contribution in [1.82, 2.24) is 19.9 Å². The number of nitrogens with one attached hydrogen (secondary N) is 1. The largest absolute Gasteiger partial charge is 0.461 e. The molecule has 3 aromatic rings. The van der Waals surface area contributed by atoms with Crippen LogP contribution in [0, 0.1) is 0 Å². The average molecular weight is 426 g/mol. The maximum Gasteiger partial charge on any atom is 0.418 e. The van der Waals surface area contributed by atoms with Gasteiger partial charge in [0.1, 0.15) is 6.04 Å². The van der Waals surface area contributed by atoms with E-state index < -0.39 is 35.8 Å². The summed E-state index contributed by atoms with van der Waals surface area (Å²) in [5.41, 5.74) is -1.22. The number of ether oxygens (including phenoxy) is 1. The highest BCUT2D eigenvalue weighted by atomic mass is 32.1. The second-order valence-corrected chi connectivity index (χ2v) is 7.47. The van der Waals surface area contributed by atoms with Crippen LogP contribution in [0.3, 0.4) is 0 Å². The lowest BCUT2D eigenvalue weighted by Gasteiger charge is -2.19. The summed E-state index contributed by atoms with van der Waals surface area (Å²) in [7, 11) is 0. The third-order valence-corrected chi connectivity index (χ3v) is 4.83. The fourth-order valence-corrected chi connectivity index (χ4v) is 3.49. The molecule has 1 amide bonds. The Morgan fingerprint density at radius 3 is 2.69 bits per heavy atom. The van der Waals surface area contributed by atoms with Crippen LogP contribution >= 0.6 is 11.3 Å². The van der Waals surface area contributed by atoms with Crippen molar-refractivity contribution in [3.05, 3.63) is 47.5 Å². The van der Waals surface area contributed by atoms with Gasteiger partial charge in [-0.2, -0.15) is 13.2 Å². The van der Waals surface area contributed by atoms with Gasteiger partial charge < -0.3 is 14.6 Å². The highest BCUT2D eigenvalue weighted by Gasteiger charge is 2.34. The zero-order valence-corrected chi connectivity index (χ0v) is 16.3. The third kappa shape index (κ3) is 4.91. The minimum atomic E-state index is -4.59. The van der Waals surface area contributed by atoms with E-state index in [1.165, 1.54) is 24.7 Å². The number of nitrogens with zero attached hydrogens (tertiary/aromatic N) is 3. The van der Waals surface area contributed by atoms with E-state index in [2.05, 4.69) is 15.3 Å². The number of hydrogen-bond donors (Lipinski definition) is 1. The normalized spacial score (nSPS) is 12.9. The fraction of sp³-hybridized carbons (Fsp3) is 0.333. The Morgan fingerprint density at radius 1 is 1.31 bits per heavy atom. The molecule has 1 atom stereocenters. The van der Waals surface area contributed by atoms with Gasteiger partial charge in [-0.15, -0.1) is 11.3 Å². The first kappa shape index (κ1) is 20.8. The Labute approximate surface area is 167 Å². The van der Waals surface area contributed by atoms with Crippen LogP contribution < -0.4 is 5.32 Å². The van der Waals surface area contributed by atoms with Crippen molar-refractivity contribution in [2.75, 3.05) is 0 Å². The fourth-order valence-electron chi connectivity index (χ4n) is 2.59. The third-order valence-electron chi connectivity index (χ3n) is 3.81. The molecule has 0 aliphatic rings. The molecule has 0 saturated heterocycles. The van der Waals surface area contributed by atoms with Crippen LogP contribution in [-0.2, 0) is 22.3 Å². The van der Waals surface area contributed by atoms with Crippen LogP contribution in [-0.4, -0.2) is 38.6 Å². The number of esters is 1. The van der Waals surface area contributed by atoms with Gasteiger partial charge in [-0.25, -0.2) is 14.8 Å². The van der Waals surface area contributed by atoms with E-state index in [1.54, 1.807) is 24.6 Å². The van der Waals surface area contributed by atoms with Crippen molar-refractivity contribution in [2.45, 2.75) is 38.7 Å². The summed E-state index contributed by atoms with van der Waals surface area (Å²) in [6.07, 6.45) is -0.406. The van der Waals surface area contributed by atoms with Gasteiger partial charge in [-0.1, -0.05) is 6.07 Å². The molecule has 7 nitrogen and oxygen atoms in total. The first-order valence-corrected chi connectivity index (χ1v) is 9.40. The molecule has 0 fully saturated rings. The number of para-hydroxylation sites is 1. The first-order valence-electron chi connectivity index (χ1n) is 8.59. The molecule has 29 heavy (non-hydrogen) atoms. The first-order chi connectivity index (χ1) is 13.6. The summed E-state index contributed by atoms with van der Waals surface area (Å²) >= 11 is 0.817. The molecule has 0 aliphatic carbocycles. The molecule has 2 heterocycles. The lowest BCUT2D eigenvalue weighted by molar-refractivity contribution is -0.150. The summed E-state index contributed by atoms with van der Waals surface area (Å²) < 4.78 is 46.5. The number of fused-ring (bicyclic) bond motifs is 1. The number of benzene rings is 1. The molecule has 3 rings (SSSR count). The summed E-state index contributed by atoms with van der Waals surface area (Å²) in [4.78, 5) is 32.7. The van der Waals surface area contributed by atoms with E-state index in [9.17, 15) is 22.8 Å². The summed E-state index contributed by atoms with van der Waals surface area (Å²) in [6, 6.07) is 2.56. The maximum absolute atomic E-state index is 13.2. The van der Waals surface area contributed by atoms with E-state index >= 15 is 0 Å². The van der Waals surface area contributed by atoms with E-state index in [0.29, 0.717) is 0 Å². The van der Waals surface area contributed by atoms with Crippen molar-refractivity contribution < 1.29 is 27.5 Å². The summed E-state index contributed by atoms with van der Waals surface area (Å²) in [5, 5.41) is 2.32. The highest BCUT2D eigenvalue weighted by Crippen LogP contribution is 2.36. The Bertz CT molecular complexity index is 1020. The van der Waals surface area contributed by atoms with Crippen molar-refractivity contribution in [1.29, 1.82) is 0 Å². The molecule has 0 radical (unpaired) electrons. The predicted molar refractivity (Wildman–Crippen MR) is 99.3 cm³/mol. The number of imidazole rings is 1. The lowest BCUT2D eigenvalue weighted by atomic mass is 10.2. The molecular formula is C18H17F3N4O3S. The van der Waals surface area contributed by atoms with Gasteiger partial charge in [0, 0.05) is 12.4 Å². The number of rotatable bonds is 6. The Hall–Kier alpha value is -2.95. The van der Waals surface area contributed by atoms with Crippen LogP contribution in [0.1, 0.15) is 29.2 Å². The standard InChI is InChI=1S/C18H17F3N4O3S/c1-10(2)28-17(27)12(8-25-7-6-22-9-25)23-15(26)16-24-14-11(18(19,20)21)4-3-5-13(14)29-16/h3-7,9-10,12H,8H2,1-2H3,(H,23,26). The molecule has 0 spiro atoms.